The van der Waals surface area contributed by atoms with Gasteiger partial charge in [0.15, 0.2) is 0 Å². The lowest BCUT2D eigenvalue weighted by Crippen LogP contribution is -2.36. The molecule has 78 valence electrons. The predicted molar refractivity (Wildman–Crippen MR) is 53.9 cm³/mol. The van der Waals surface area contributed by atoms with Gasteiger partial charge in [-0.3, -0.25) is 9.89 Å². The first kappa shape index (κ1) is 9.57. The number of nitrogens with zero attached hydrogens (tertiary/aromatic N) is 3. The van der Waals surface area contributed by atoms with Gasteiger partial charge in [-0.15, -0.1) is 0 Å². The fourth-order valence-corrected chi connectivity index (χ4v) is 1.32. The van der Waals surface area contributed by atoms with Crippen molar-refractivity contribution in [3.05, 3.63) is 18.2 Å². The van der Waals surface area contributed by atoms with E-state index in [4.69, 9.17) is 5.73 Å². The molecule has 0 atom stereocenters. The highest BCUT2D eigenvalue weighted by atomic mass is 16.1. The summed E-state index contributed by atoms with van der Waals surface area (Å²) in [6.45, 7) is 3.45. The molecule has 0 saturated carbocycles. The van der Waals surface area contributed by atoms with Crippen molar-refractivity contribution in [2.24, 2.45) is 5.73 Å². The fourth-order valence-electron chi connectivity index (χ4n) is 1.32. The molecule has 0 fully saturated rings. The zero-order chi connectivity index (χ0) is 11.1. The summed E-state index contributed by atoms with van der Waals surface area (Å²) in [5, 5.41) is 6.79. The fraction of sp³-hybridized carbons (Fsp3) is 0.333. The number of rotatable bonds is 2. The van der Waals surface area contributed by atoms with Crippen LogP contribution in [-0.2, 0) is 10.2 Å². The van der Waals surface area contributed by atoms with Crippen LogP contribution in [0, 0.1) is 0 Å². The second-order valence-electron chi connectivity index (χ2n) is 3.84. The molecule has 3 N–H and O–H groups in total. The van der Waals surface area contributed by atoms with E-state index >= 15 is 0 Å². The monoisotopic (exact) mass is 205 g/mol. The highest BCUT2D eigenvalue weighted by Gasteiger charge is 2.31. The van der Waals surface area contributed by atoms with Gasteiger partial charge in [-0.2, -0.15) is 5.10 Å². The molecule has 0 spiro atoms. The van der Waals surface area contributed by atoms with Crippen LogP contribution in [-0.4, -0.2) is 26.1 Å². The minimum absolute atomic E-state index is 0.424. The first-order valence-electron chi connectivity index (χ1n) is 4.48. The number of aromatic nitrogens is 4. The minimum atomic E-state index is -0.816. The second kappa shape index (κ2) is 3.01. The van der Waals surface area contributed by atoms with Crippen molar-refractivity contribution in [1.29, 1.82) is 0 Å². The molecule has 0 aliphatic carbocycles. The molecule has 0 saturated heterocycles. The SMILES string of the molecule is CC(C)(C(N)=O)c1[nH]nc2cncnc12. The Labute approximate surface area is 85.9 Å². The normalized spacial score (nSPS) is 11.9. The molecule has 0 radical (unpaired) electrons. The van der Waals surface area contributed by atoms with Crippen molar-refractivity contribution < 1.29 is 4.79 Å². The van der Waals surface area contributed by atoms with Crippen molar-refractivity contribution in [2.45, 2.75) is 19.3 Å². The predicted octanol–water partition coefficient (Wildman–Crippen LogP) is 0.116. The third-order valence-corrected chi connectivity index (χ3v) is 2.46. The van der Waals surface area contributed by atoms with E-state index in [2.05, 4.69) is 20.2 Å². The van der Waals surface area contributed by atoms with E-state index in [-0.39, 0.29) is 0 Å². The Hall–Kier alpha value is -1.98. The summed E-state index contributed by atoms with van der Waals surface area (Å²) in [4.78, 5) is 19.2. The molecule has 0 bridgehead atoms. The summed E-state index contributed by atoms with van der Waals surface area (Å²) >= 11 is 0. The summed E-state index contributed by atoms with van der Waals surface area (Å²) in [7, 11) is 0. The van der Waals surface area contributed by atoms with Gasteiger partial charge in [-0.1, -0.05) is 0 Å². The number of aromatic amines is 1. The van der Waals surface area contributed by atoms with E-state index in [0.29, 0.717) is 16.7 Å². The van der Waals surface area contributed by atoms with Crippen LogP contribution in [0.4, 0.5) is 0 Å². The molecule has 15 heavy (non-hydrogen) atoms. The molecule has 0 aliphatic rings. The van der Waals surface area contributed by atoms with Crippen LogP contribution in [0.5, 0.6) is 0 Å². The van der Waals surface area contributed by atoms with Gasteiger partial charge in [-0.25, -0.2) is 9.97 Å². The lowest BCUT2D eigenvalue weighted by atomic mass is 9.88. The van der Waals surface area contributed by atoms with E-state index in [1.54, 1.807) is 20.0 Å². The van der Waals surface area contributed by atoms with Gasteiger partial charge in [-0.05, 0) is 13.8 Å². The third-order valence-electron chi connectivity index (χ3n) is 2.46. The maximum atomic E-state index is 11.3. The Morgan fingerprint density at radius 3 is 2.93 bits per heavy atom. The molecule has 0 aromatic carbocycles. The van der Waals surface area contributed by atoms with E-state index in [1.807, 2.05) is 0 Å². The number of primary amides is 1. The second-order valence-corrected chi connectivity index (χ2v) is 3.84. The number of hydrogen-bond donors (Lipinski definition) is 2. The van der Waals surface area contributed by atoms with Gasteiger partial charge < -0.3 is 5.73 Å². The Morgan fingerprint density at radius 1 is 1.53 bits per heavy atom. The molecule has 2 rings (SSSR count). The van der Waals surface area contributed by atoms with Crippen LogP contribution in [0.2, 0.25) is 0 Å². The van der Waals surface area contributed by atoms with E-state index < -0.39 is 11.3 Å². The zero-order valence-electron chi connectivity index (χ0n) is 8.48. The molecule has 0 unspecified atom stereocenters. The highest BCUT2D eigenvalue weighted by Crippen LogP contribution is 2.25. The number of hydrogen-bond acceptors (Lipinski definition) is 4. The molecule has 0 aliphatic heterocycles. The summed E-state index contributed by atoms with van der Waals surface area (Å²) in [6.07, 6.45) is 3.00. The molecule has 2 aromatic heterocycles. The van der Waals surface area contributed by atoms with Crippen LogP contribution >= 0.6 is 0 Å². The maximum absolute atomic E-state index is 11.3. The number of carbonyl (C=O) groups is 1. The van der Waals surface area contributed by atoms with Crippen molar-refractivity contribution in [2.75, 3.05) is 0 Å². The van der Waals surface area contributed by atoms with Crippen molar-refractivity contribution in [3.63, 3.8) is 0 Å². The standard InChI is InChI=1S/C9H11N5O/c1-9(2,8(10)15)7-6-5(13-14-7)3-11-4-12-6/h3-4H,1-2H3,(H2,10,15)(H,13,14). The Morgan fingerprint density at radius 2 is 2.27 bits per heavy atom. The highest BCUT2D eigenvalue weighted by molar-refractivity contribution is 5.90. The van der Waals surface area contributed by atoms with Gasteiger partial charge in [0, 0.05) is 0 Å². The average Bonchev–Trinajstić information content (AvgIpc) is 2.61. The number of carbonyl (C=O) groups excluding carboxylic acids is 1. The molecular formula is C9H11N5O. The largest absolute Gasteiger partial charge is 0.369 e. The van der Waals surface area contributed by atoms with E-state index in [0.717, 1.165) is 0 Å². The van der Waals surface area contributed by atoms with Crippen molar-refractivity contribution in [3.8, 4) is 0 Å². The number of fused-ring (bicyclic) bond motifs is 1. The summed E-state index contributed by atoms with van der Waals surface area (Å²) < 4.78 is 0. The lowest BCUT2D eigenvalue weighted by molar-refractivity contribution is -0.122. The van der Waals surface area contributed by atoms with Crippen LogP contribution in [0.1, 0.15) is 19.5 Å². The lowest BCUT2D eigenvalue weighted by Gasteiger charge is -2.18. The smallest absolute Gasteiger partial charge is 0.229 e. The molecular weight excluding hydrogens is 194 g/mol. The minimum Gasteiger partial charge on any atom is -0.369 e. The summed E-state index contributed by atoms with van der Waals surface area (Å²) in [6, 6.07) is 0. The van der Waals surface area contributed by atoms with Gasteiger partial charge in [0.1, 0.15) is 17.4 Å². The Kier molecular flexibility index (Phi) is 1.92. The van der Waals surface area contributed by atoms with E-state index in [9.17, 15) is 4.79 Å². The van der Waals surface area contributed by atoms with Crippen LogP contribution in [0.15, 0.2) is 12.5 Å². The quantitative estimate of drug-likeness (QED) is 0.727. The number of nitrogens with two attached hydrogens (primary N) is 1. The van der Waals surface area contributed by atoms with Gasteiger partial charge in [0.05, 0.1) is 17.3 Å². The van der Waals surface area contributed by atoms with Gasteiger partial charge in [0.2, 0.25) is 5.91 Å². The molecule has 2 heterocycles. The average molecular weight is 205 g/mol. The Balaban J connectivity index is 2.67. The molecule has 1 amide bonds. The summed E-state index contributed by atoms with van der Waals surface area (Å²) in [5.41, 5.74) is 6.38. The topological polar surface area (TPSA) is 97.6 Å². The third kappa shape index (κ3) is 1.34. The first-order valence-corrected chi connectivity index (χ1v) is 4.48. The molecule has 6 nitrogen and oxygen atoms in total. The molecule has 6 heteroatoms. The van der Waals surface area contributed by atoms with E-state index in [1.165, 1.54) is 6.33 Å². The number of nitrogens with one attached hydrogen (secondary N) is 1. The Bertz CT molecular complexity index is 516. The van der Waals surface area contributed by atoms with Crippen LogP contribution < -0.4 is 5.73 Å². The molecule has 2 aromatic rings. The number of H-pyrrole nitrogens is 1. The maximum Gasteiger partial charge on any atom is 0.229 e. The van der Waals surface area contributed by atoms with Gasteiger partial charge in [0.25, 0.3) is 0 Å². The van der Waals surface area contributed by atoms with Crippen LogP contribution in [0.3, 0.4) is 0 Å². The van der Waals surface area contributed by atoms with Crippen molar-refractivity contribution >= 4 is 16.9 Å². The summed E-state index contributed by atoms with van der Waals surface area (Å²) in [5.74, 6) is -0.424. The zero-order valence-corrected chi connectivity index (χ0v) is 8.48. The first-order chi connectivity index (χ1) is 7.03. The van der Waals surface area contributed by atoms with Crippen LogP contribution in [0.25, 0.3) is 11.0 Å². The van der Waals surface area contributed by atoms with Gasteiger partial charge >= 0.3 is 0 Å². The van der Waals surface area contributed by atoms with Crippen molar-refractivity contribution in [1.82, 2.24) is 20.2 Å². The number of amides is 1.